The average Bonchev–Trinajstić information content (AvgIpc) is 3.12. The van der Waals surface area contributed by atoms with Gasteiger partial charge in [-0.3, -0.25) is 4.79 Å². The van der Waals surface area contributed by atoms with Gasteiger partial charge in [0.2, 0.25) is 17.6 Å². The Balaban J connectivity index is 1.60. The van der Waals surface area contributed by atoms with Crippen molar-refractivity contribution in [1.29, 1.82) is 0 Å². The minimum absolute atomic E-state index is 0.159. The minimum Gasteiger partial charge on any atom is -0.497 e. The topological polar surface area (TPSA) is 77.2 Å². The number of ether oxygens (including phenoxy) is 1. The van der Waals surface area contributed by atoms with Crippen molar-refractivity contribution in [2.45, 2.75) is 12.8 Å². The van der Waals surface area contributed by atoms with Gasteiger partial charge in [0.15, 0.2) is 0 Å². The normalized spacial score (nSPS) is 10.6. The Morgan fingerprint density at radius 3 is 2.50 bits per heavy atom. The molecule has 0 aliphatic carbocycles. The van der Waals surface area contributed by atoms with Crippen LogP contribution in [0.5, 0.6) is 5.75 Å². The Morgan fingerprint density at radius 2 is 1.85 bits per heavy atom. The number of hydrogen-bond donors (Lipinski definition) is 1. The first kappa shape index (κ1) is 18.2. The second kappa shape index (κ2) is 8.21. The molecule has 2 aromatic carbocycles. The summed E-state index contributed by atoms with van der Waals surface area (Å²) in [5.41, 5.74) is 1.19. The zero-order valence-electron chi connectivity index (χ0n) is 13.8. The highest BCUT2D eigenvalue weighted by molar-refractivity contribution is 6.39. The van der Waals surface area contributed by atoms with Crippen molar-refractivity contribution in [3.8, 4) is 17.1 Å². The fourth-order valence-corrected chi connectivity index (χ4v) is 2.75. The third-order valence-corrected chi connectivity index (χ3v) is 4.24. The molecule has 0 radical (unpaired) electrons. The number of hydrogen-bond acceptors (Lipinski definition) is 5. The quantitative estimate of drug-likeness (QED) is 0.662. The first-order chi connectivity index (χ1) is 12.6. The number of anilines is 1. The highest BCUT2D eigenvalue weighted by Crippen LogP contribution is 2.30. The van der Waals surface area contributed by atoms with Gasteiger partial charge in [0.05, 0.1) is 22.8 Å². The van der Waals surface area contributed by atoms with Crippen LogP contribution in [0.2, 0.25) is 10.0 Å². The first-order valence-corrected chi connectivity index (χ1v) is 8.53. The lowest BCUT2D eigenvalue weighted by Crippen LogP contribution is -2.13. The number of para-hydroxylation sites is 1. The van der Waals surface area contributed by atoms with Gasteiger partial charge in [0.1, 0.15) is 5.75 Å². The molecule has 0 saturated carbocycles. The molecule has 0 bridgehead atoms. The van der Waals surface area contributed by atoms with E-state index in [0.29, 0.717) is 33.9 Å². The van der Waals surface area contributed by atoms with Crippen LogP contribution < -0.4 is 10.1 Å². The second-order valence-corrected chi connectivity index (χ2v) is 6.20. The van der Waals surface area contributed by atoms with Crippen LogP contribution in [0.25, 0.3) is 11.4 Å². The van der Waals surface area contributed by atoms with E-state index in [1.165, 1.54) is 0 Å². The summed E-state index contributed by atoms with van der Waals surface area (Å²) in [5, 5.41) is 7.38. The van der Waals surface area contributed by atoms with Crippen LogP contribution in [0, 0.1) is 0 Å². The van der Waals surface area contributed by atoms with Crippen molar-refractivity contribution in [3.05, 3.63) is 58.4 Å². The molecule has 1 N–H and O–H groups in total. The zero-order valence-corrected chi connectivity index (χ0v) is 15.3. The number of carbonyl (C=O) groups excluding carboxylic acids is 1. The predicted molar refractivity (Wildman–Crippen MR) is 99.7 cm³/mol. The lowest BCUT2D eigenvalue weighted by atomic mass is 10.2. The monoisotopic (exact) mass is 391 g/mol. The number of methoxy groups -OCH3 is 1. The molecule has 0 atom stereocenters. The molecule has 0 aliphatic heterocycles. The Morgan fingerprint density at radius 1 is 1.15 bits per heavy atom. The van der Waals surface area contributed by atoms with E-state index in [4.69, 9.17) is 32.5 Å². The van der Waals surface area contributed by atoms with Crippen molar-refractivity contribution in [2.75, 3.05) is 12.4 Å². The van der Waals surface area contributed by atoms with Gasteiger partial charge < -0.3 is 14.6 Å². The van der Waals surface area contributed by atoms with Gasteiger partial charge >= 0.3 is 0 Å². The molecule has 0 unspecified atom stereocenters. The summed E-state index contributed by atoms with van der Waals surface area (Å²) < 4.78 is 10.3. The SMILES string of the molecule is COc1ccc(-c2noc(CCC(=O)Nc3c(Cl)cccc3Cl)n2)cc1. The number of carbonyl (C=O) groups is 1. The molecule has 1 amide bonds. The number of nitrogens with zero attached hydrogens (tertiary/aromatic N) is 2. The maximum atomic E-state index is 12.1. The summed E-state index contributed by atoms with van der Waals surface area (Å²) in [4.78, 5) is 16.4. The van der Waals surface area contributed by atoms with Gasteiger partial charge in [0, 0.05) is 18.4 Å². The van der Waals surface area contributed by atoms with E-state index < -0.39 is 0 Å². The van der Waals surface area contributed by atoms with E-state index in [0.717, 1.165) is 11.3 Å². The van der Waals surface area contributed by atoms with E-state index in [1.54, 1.807) is 25.3 Å². The molecule has 1 aromatic heterocycles. The minimum atomic E-state index is -0.246. The number of amides is 1. The Hall–Kier alpha value is -2.57. The molecule has 0 aliphatic rings. The van der Waals surface area contributed by atoms with Crippen LogP contribution >= 0.6 is 23.2 Å². The van der Waals surface area contributed by atoms with Gasteiger partial charge in [-0.15, -0.1) is 0 Å². The summed E-state index contributed by atoms with van der Waals surface area (Å²) in [6, 6.07) is 12.3. The molecule has 26 heavy (non-hydrogen) atoms. The molecule has 0 saturated heterocycles. The van der Waals surface area contributed by atoms with Crippen LogP contribution in [-0.4, -0.2) is 23.2 Å². The number of rotatable bonds is 6. The van der Waals surface area contributed by atoms with Crippen molar-refractivity contribution in [1.82, 2.24) is 10.1 Å². The van der Waals surface area contributed by atoms with Gasteiger partial charge in [-0.05, 0) is 36.4 Å². The van der Waals surface area contributed by atoms with Crippen LogP contribution in [-0.2, 0) is 11.2 Å². The fourth-order valence-electron chi connectivity index (χ4n) is 2.25. The second-order valence-electron chi connectivity index (χ2n) is 5.39. The molecule has 0 spiro atoms. The predicted octanol–water partition coefficient (Wildman–Crippen LogP) is 4.62. The maximum Gasteiger partial charge on any atom is 0.227 e. The standard InChI is InChI=1S/C18H15Cl2N3O3/c1-25-12-7-5-11(6-8-12)18-22-16(26-23-18)10-9-15(24)21-17-13(19)3-2-4-14(17)20/h2-8H,9-10H2,1H3,(H,21,24). The summed E-state index contributed by atoms with van der Waals surface area (Å²) in [6.07, 6.45) is 0.461. The van der Waals surface area contributed by atoms with Crippen LogP contribution in [0.1, 0.15) is 12.3 Å². The number of benzene rings is 2. The summed E-state index contributed by atoms with van der Waals surface area (Å²) in [5.74, 6) is 1.32. The van der Waals surface area contributed by atoms with Gasteiger partial charge in [-0.25, -0.2) is 0 Å². The molecule has 0 fully saturated rings. The Kier molecular flexibility index (Phi) is 5.75. The summed E-state index contributed by atoms with van der Waals surface area (Å²) in [6.45, 7) is 0. The van der Waals surface area contributed by atoms with Crippen molar-refractivity contribution in [2.24, 2.45) is 0 Å². The third-order valence-electron chi connectivity index (χ3n) is 3.61. The summed E-state index contributed by atoms with van der Waals surface area (Å²) >= 11 is 12.1. The zero-order chi connectivity index (χ0) is 18.5. The molecule has 3 rings (SSSR count). The van der Waals surface area contributed by atoms with E-state index in [-0.39, 0.29) is 12.3 Å². The van der Waals surface area contributed by atoms with Crippen molar-refractivity contribution in [3.63, 3.8) is 0 Å². The molecular weight excluding hydrogens is 377 g/mol. The number of nitrogens with one attached hydrogen (secondary N) is 1. The Labute approximate surface area is 160 Å². The van der Waals surface area contributed by atoms with Crippen LogP contribution in [0.15, 0.2) is 47.0 Å². The van der Waals surface area contributed by atoms with Crippen LogP contribution in [0.3, 0.4) is 0 Å². The van der Waals surface area contributed by atoms with Gasteiger partial charge in [0.25, 0.3) is 0 Å². The highest BCUT2D eigenvalue weighted by Gasteiger charge is 2.13. The lowest BCUT2D eigenvalue weighted by Gasteiger charge is -2.08. The number of aromatic nitrogens is 2. The molecule has 134 valence electrons. The maximum absolute atomic E-state index is 12.1. The van der Waals surface area contributed by atoms with Crippen molar-refractivity contribution < 1.29 is 14.1 Å². The molecule has 6 nitrogen and oxygen atoms in total. The third kappa shape index (κ3) is 4.33. The lowest BCUT2D eigenvalue weighted by molar-refractivity contribution is -0.116. The molecule has 8 heteroatoms. The van der Waals surface area contributed by atoms with E-state index in [2.05, 4.69) is 15.5 Å². The Bertz CT molecular complexity index is 890. The molecule has 1 heterocycles. The molecular formula is C18H15Cl2N3O3. The largest absolute Gasteiger partial charge is 0.497 e. The van der Waals surface area contributed by atoms with Crippen LogP contribution in [0.4, 0.5) is 5.69 Å². The molecule has 3 aromatic rings. The van der Waals surface area contributed by atoms with Crippen molar-refractivity contribution >= 4 is 34.8 Å². The average molecular weight is 392 g/mol. The number of halogens is 2. The summed E-state index contributed by atoms with van der Waals surface area (Å²) in [7, 11) is 1.60. The van der Waals surface area contributed by atoms with E-state index in [9.17, 15) is 4.79 Å². The van der Waals surface area contributed by atoms with E-state index in [1.807, 2.05) is 24.3 Å². The van der Waals surface area contributed by atoms with E-state index >= 15 is 0 Å². The first-order valence-electron chi connectivity index (χ1n) is 7.77. The van der Waals surface area contributed by atoms with Gasteiger partial charge in [-0.1, -0.05) is 34.4 Å². The number of aryl methyl sites for hydroxylation is 1. The fraction of sp³-hybridized carbons (Fsp3) is 0.167. The highest BCUT2D eigenvalue weighted by atomic mass is 35.5. The van der Waals surface area contributed by atoms with Gasteiger partial charge in [-0.2, -0.15) is 4.98 Å². The smallest absolute Gasteiger partial charge is 0.227 e.